The van der Waals surface area contributed by atoms with E-state index in [9.17, 15) is 0 Å². The van der Waals surface area contributed by atoms with E-state index >= 15 is 0 Å². The van der Waals surface area contributed by atoms with E-state index in [1.165, 1.54) is 5.56 Å². The number of aryl methyl sites for hydroxylation is 2. The highest BCUT2D eigenvalue weighted by molar-refractivity contribution is 5.80. The van der Waals surface area contributed by atoms with E-state index in [0.717, 1.165) is 23.2 Å². The number of aliphatic imine (C=N–C) groups is 1. The molecule has 0 aliphatic rings. The van der Waals surface area contributed by atoms with Crippen molar-refractivity contribution in [1.82, 2.24) is 10.6 Å². The third-order valence-electron chi connectivity index (χ3n) is 3.65. The van der Waals surface area contributed by atoms with Gasteiger partial charge in [-0.25, -0.2) is 0 Å². The normalized spacial score (nSPS) is 14.1. The summed E-state index contributed by atoms with van der Waals surface area (Å²) in [5.41, 5.74) is 1.19. The molecule has 5 heteroatoms. The number of benzene rings is 1. The Balaban J connectivity index is 1.82. The van der Waals surface area contributed by atoms with Gasteiger partial charge in [-0.2, -0.15) is 0 Å². The average molecular weight is 329 g/mol. The van der Waals surface area contributed by atoms with E-state index in [2.05, 4.69) is 28.6 Å². The predicted octanol–water partition coefficient (Wildman–Crippen LogP) is 3.59. The third kappa shape index (κ3) is 5.33. The lowest BCUT2D eigenvalue weighted by Crippen LogP contribution is -2.42. The lowest BCUT2D eigenvalue weighted by molar-refractivity contribution is 0.223. The summed E-state index contributed by atoms with van der Waals surface area (Å²) in [5, 5.41) is 6.60. The molecule has 2 atom stereocenters. The van der Waals surface area contributed by atoms with Gasteiger partial charge in [0, 0.05) is 7.05 Å². The highest BCUT2D eigenvalue weighted by Gasteiger charge is 2.12. The molecule has 0 amide bonds. The predicted molar refractivity (Wildman–Crippen MR) is 97.6 cm³/mol. The van der Waals surface area contributed by atoms with Crippen LogP contribution in [-0.2, 0) is 0 Å². The van der Waals surface area contributed by atoms with Crippen LogP contribution in [0.2, 0.25) is 0 Å². The molecule has 0 saturated carbocycles. The first-order valence-corrected chi connectivity index (χ1v) is 8.24. The molecule has 0 aliphatic heterocycles. The maximum atomic E-state index is 5.92. The van der Waals surface area contributed by atoms with Gasteiger partial charge >= 0.3 is 0 Å². The third-order valence-corrected chi connectivity index (χ3v) is 3.65. The van der Waals surface area contributed by atoms with E-state index in [1.807, 2.05) is 51.1 Å². The Hall–Kier alpha value is -2.43. The minimum atomic E-state index is 0.0199. The van der Waals surface area contributed by atoms with Crippen molar-refractivity contribution in [2.75, 3.05) is 13.6 Å². The van der Waals surface area contributed by atoms with Crippen LogP contribution >= 0.6 is 0 Å². The number of nitrogens with zero attached hydrogens (tertiary/aromatic N) is 1. The molecule has 5 nitrogen and oxygen atoms in total. The first-order valence-electron chi connectivity index (χ1n) is 8.24. The number of nitrogens with one attached hydrogen (secondary N) is 2. The monoisotopic (exact) mass is 329 g/mol. The molecule has 1 aromatic heterocycles. The summed E-state index contributed by atoms with van der Waals surface area (Å²) in [5.74, 6) is 3.39. The van der Waals surface area contributed by atoms with Crippen molar-refractivity contribution < 1.29 is 9.15 Å². The largest absolute Gasteiger partial charge is 0.489 e. The zero-order valence-electron chi connectivity index (χ0n) is 15.1. The lowest BCUT2D eigenvalue weighted by atomic mass is 10.2. The van der Waals surface area contributed by atoms with Crippen molar-refractivity contribution in [3.8, 4) is 5.75 Å². The Morgan fingerprint density at radius 2 is 2.00 bits per heavy atom. The fourth-order valence-corrected chi connectivity index (χ4v) is 2.36. The minimum absolute atomic E-state index is 0.0199. The number of guanidine groups is 1. The van der Waals surface area contributed by atoms with Crippen LogP contribution in [0.3, 0.4) is 0 Å². The molecule has 0 fully saturated rings. The molecule has 1 aromatic carbocycles. The Labute approximate surface area is 144 Å². The van der Waals surface area contributed by atoms with E-state index < -0.39 is 0 Å². The highest BCUT2D eigenvalue weighted by Crippen LogP contribution is 2.15. The maximum Gasteiger partial charge on any atom is 0.191 e. The SMILES string of the molecule is CN=C(NCC(C)Oc1cccc(C)c1)NC(C)c1ccc(C)o1. The van der Waals surface area contributed by atoms with Crippen molar-refractivity contribution in [3.05, 3.63) is 53.5 Å². The Bertz CT molecular complexity index is 679. The first-order chi connectivity index (χ1) is 11.5. The molecule has 0 aliphatic carbocycles. The topological polar surface area (TPSA) is 58.8 Å². The summed E-state index contributed by atoms with van der Waals surface area (Å²) in [6, 6.07) is 12.0. The van der Waals surface area contributed by atoms with Crippen molar-refractivity contribution in [2.24, 2.45) is 4.99 Å². The van der Waals surface area contributed by atoms with Gasteiger partial charge in [0.2, 0.25) is 0 Å². The van der Waals surface area contributed by atoms with Gasteiger partial charge in [0.05, 0.1) is 12.6 Å². The van der Waals surface area contributed by atoms with Crippen LogP contribution in [0.4, 0.5) is 0 Å². The Kier molecular flexibility index (Phi) is 6.29. The van der Waals surface area contributed by atoms with Gasteiger partial charge in [-0.3, -0.25) is 4.99 Å². The molecule has 1 heterocycles. The van der Waals surface area contributed by atoms with E-state index in [-0.39, 0.29) is 12.1 Å². The Morgan fingerprint density at radius 1 is 1.21 bits per heavy atom. The number of furan rings is 1. The van der Waals surface area contributed by atoms with E-state index in [1.54, 1.807) is 7.05 Å². The van der Waals surface area contributed by atoms with Crippen LogP contribution in [-0.4, -0.2) is 25.7 Å². The van der Waals surface area contributed by atoms with Crippen molar-refractivity contribution >= 4 is 5.96 Å². The second kappa shape index (κ2) is 8.43. The molecular weight excluding hydrogens is 302 g/mol. The summed E-state index contributed by atoms with van der Waals surface area (Å²) < 4.78 is 11.6. The quantitative estimate of drug-likeness (QED) is 0.628. The number of ether oxygens (including phenoxy) is 1. The second-order valence-corrected chi connectivity index (χ2v) is 6.01. The van der Waals surface area contributed by atoms with Gasteiger partial charge in [0.25, 0.3) is 0 Å². The fourth-order valence-electron chi connectivity index (χ4n) is 2.36. The van der Waals surface area contributed by atoms with Gasteiger partial charge in [-0.1, -0.05) is 12.1 Å². The van der Waals surface area contributed by atoms with Crippen LogP contribution in [0.1, 0.15) is 37.0 Å². The first kappa shape index (κ1) is 17.9. The molecule has 0 radical (unpaired) electrons. The van der Waals surface area contributed by atoms with Gasteiger partial charge in [-0.05, 0) is 57.5 Å². The highest BCUT2D eigenvalue weighted by atomic mass is 16.5. The zero-order chi connectivity index (χ0) is 17.5. The van der Waals surface area contributed by atoms with Gasteiger partial charge < -0.3 is 19.8 Å². The van der Waals surface area contributed by atoms with Gasteiger partial charge in [0.1, 0.15) is 23.4 Å². The van der Waals surface area contributed by atoms with Crippen LogP contribution in [0, 0.1) is 13.8 Å². The van der Waals surface area contributed by atoms with Crippen molar-refractivity contribution in [1.29, 1.82) is 0 Å². The molecule has 0 bridgehead atoms. The molecule has 2 N–H and O–H groups in total. The smallest absolute Gasteiger partial charge is 0.191 e. The molecule has 24 heavy (non-hydrogen) atoms. The minimum Gasteiger partial charge on any atom is -0.489 e. The Morgan fingerprint density at radius 3 is 2.62 bits per heavy atom. The number of hydrogen-bond donors (Lipinski definition) is 2. The van der Waals surface area contributed by atoms with Crippen molar-refractivity contribution in [2.45, 2.75) is 39.8 Å². The van der Waals surface area contributed by atoms with Gasteiger partial charge in [0.15, 0.2) is 5.96 Å². The lowest BCUT2D eigenvalue weighted by Gasteiger charge is -2.20. The standard InChI is InChI=1S/C19H27N3O2/c1-13-7-6-8-17(11-13)23-15(3)12-21-19(20-5)22-16(4)18-10-9-14(2)24-18/h6-11,15-16H,12H2,1-5H3,(H2,20,21,22). The van der Waals surface area contributed by atoms with Crippen LogP contribution < -0.4 is 15.4 Å². The molecule has 0 saturated heterocycles. The molecular formula is C19H27N3O2. The number of hydrogen-bond acceptors (Lipinski definition) is 3. The van der Waals surface area contributed by atoms with E-state index in [0.29, 0.717) is 6.54 Å². The molecule has 2 unspecified atom stereocenters. The summed E-state index contributed by atoms with van der Waals surface area (Å²) in [6.45, 7) is 8.71. The van der Waals surface area contributed by atoms with Gasteiger partial charge in [-0.15, -0.1) is 0 Å². The molecule has 0 spiro atoms. The van der Waals surface area contributed by atoms with E-state index in [4.69, 9.17) is 9.15 Å². The zero-order valence-corrected chi connectivity index (χ0v) is 15.1. The molecule has 130 valence electrons. The average Bonchev–Trinajstić information content (AvgIpc) is 2.98. The summed E-state index contributed by atoms with van der Waals surface area (Å²) in [7, 11) is 1.75. The fraction of sp³-hybridized carbons (Fsp3) is 0.421. The van der Waals surface area contributed by atoms with Crippen LogP contribution in [0.15, 0.2) is 45.8 Å². The van der Waals surface area contributed by atoms with Crippen LogP contribution in [0.5, 0.6) is 5.75 Å². The summed E-state index contributed by atoms with van der Waals surface area (Å²) >= 11 is 0. The van der Waals surface area contributed by atoms with Crippen LogP contribution in [0.25, 0.3) is 0 Å². The summed E-state index contributed by atoms with van der Waals surface area (Å²) in [4.78, 5) is 4.25. The summed E-state index contributed by atoms with van der Waals surface area (Å²) in [6.07, 6.45) is 0.0199. The maximum absolute atomic E-state index is 5.92. The molecule has 2 aromatic rings. The molecule has 2 rings (SSSR count). The number of rotatable bonds is 6. The van der Waals surface area contributed by atoms with Crippen molar-refractivity contribution in [3.63, 3.8) is 0 Å². The second-order valence-electron chi connectivity index (χ2n) is 6.01.